The molecule has 0 unspecified atom stereocenters. The Morgan fingerprint density at radius 1 is 1.19 bits per heavy atom. The second-order valence-corrected chi connectivity index (χ2v) is 5.23. The molecule has 0 fully saturated rings. The number of anilines is 2. The molecule has 102 valence electrons. The molecule has 1 aromatic heterocycles. The van der Waals surface area contributed by atoms with E-state index in [2.05, 4.69) is 26.2 Å². The van der Waals surface area contributed by atoms with Gasteiger partial charge in [0.1, 0.15) is 6.07 Å². The topological polar surface area (TPSA) is 48.7 Å². The largest absolute Gasteiger partial charge is 0.353 e. The van der Waals surface area contributed by atoms with E-state index in [1.807, 2.05) is 36.4 Å². The van der Waals surface area contributed by atoms with Crippen LogP contribution in [0.25, 0.3) is 10.9 Å². The van der Waals surface area contributed by atoms with Crippen LogP contribution in [0.3, 0.4) is 0 Å². The summed E-state index contributed by atoms with van der Waals surface area (Å²) < 4.78 is 14.3. The first-order chi connectivity index (χ1) is 10.2. The van der Waals surface area contributed by atoms with Crippen molar-refractivity contribution in [1.29, 1.82) is 5.26 Å². The summed E-state index contributed by atoms with van der Waals surface area (Å²) in [5.74, 6) is -0.486. The van der Waals surface area contributed by atoms with Gasteiger partial charge < -0.3 is 5.32 Å². The molecule has 0 radical (unpaired) electrons. The number of aromatic nitrogens is 1. The molecule has 0 saturated carbocycles. The van der Waals surface area contributed by atoms with E-state index in [0.717, 1.165) is 16.6 Å². The number of benzene rings is 2. The molecule has 2 aromatic carbocycles. The van der Waals surface area contributed by atoms with Crippen LogP contribution in [0.1, 0.15) is 5.56 Å². The predicted octanol–water partition coefficient (Wildman–Crippen LogP) is 4.75. The summed E-state index contributed by atoms with van der Waals surface area (Å²) in [6.45, 7) is 0. The van der Waals surface area contributed by atoms with Gasteiger partial charge in [0.2, 0.25) is 0 Å². The van der Waals surface area contributed by atoms with Crippen molar-refractivity contribution in [3.05, 3.63) is 64.5 Å². The van der Waals surface area contributed by atoms with Gasteiger partial charge in [0, 0.05) is 17.3 Å². The summed E-state index contributed by atoms with van der Waals surface area (Å²) in [5.41, 5.74) is 2.21. The van der Waals surface area contributed by atoms with Crippen LogP contribution in [0.5, 0.6) is 0 Å². The zero-order chi connectivity index (χ0) is 14.8. The highest BCUT2D eigenvalue weighted by Crippen LogP contribution is 2.29. The number of pyridine rings is 1. The third kappa shape index (κ3) is 2.58. The number of nitrogens with zero attached hydrogens (tertiary/aromatic N) is 2. The lowest BCUT2D eigenvalue weighted by molar-refractivity contribution is 0.624. The van der Waals surface area contributed by atoms with Gasteiger partial charge in [0.15, 0.2) is 5.82 Å². The van der Waals surface area contributed by atoms with Gasteiger partial charge >= 0.3 is 0 Å². The van der Waals surface area contributed by atoms with Crippen molar-refractivity contribution >= 4 is 38.2 Å². The monoisotopic (exact) mass is 341 g/mol. The lowest BCUT2D eigenvalue weighted by Crippen LogP contribution is -1.96. The van der Waals surface area contributed by atoms with Crippen molar-refractivity contribution < 1.29 is 4.39 Å². The van der Waals surface area contributed by atoms with Gasteiger partial charge in [-0.2, -0.15) is 5.26 Å². The molecule has 0 atom stereocenters. The first-order valence-electron chi connectivity index (χ1n) is 6.19. The Morgan fingerprint density at radius 2 is 2.05 bits per heavy atom. The van der Waals surface area contributed by atoms with Gasteiger partial charge in [-0.25, -0.2) is 4.39 Å². The number of hydrogen-bond acceptors (Lipinski definition) is 3. The maximum atomic E-state index is 14.2. The fourth-order valence-electron chi connectivity index (χ4n) is 2.04. The first kappa shape index (κ1) is 13.5. The molecule has 0 bridgehead atoms. The van der Waals surface area contributed by atoms with Crippen LogP contribution in [-0.2, 0) is 0 Å². The molecule has 0 aliphatic rings. The first-order valence-corrected chi connectivity index (χ1v) is 6.98. The molecule has 0 aliphatic carbocycles. The van der Waals surface area contributed by atoms with Gasteiger partial charge in [-0.15, -0.1) is 0 Å². The summed E-state index contributed by atoms with van der Waals surface area (Å²) in [5, 5.41) is 12.9. The second-order valence-electron chi connectivity index (χ2n) is 4.44. The molecule has 0 aliphatic heterocycles. The molecule has 5 heteroatoms. The molecule has 3 rings (SSSR count). The highest BCUT2D eigenvalue weighted by molar-refractivity contribution is 9.10. The molecule has 3 nitrogen and oxygen atoms in total. The fourth-order valence-corrected chi connectivity index (χ4v) is 2.48. The molecular weight excluding hydrogens is 333 g/mol. The van der Waals surface area contributed by atoms with E-state index in [-0.39, 0.29) is 10.0 Å². The lowest BCUT2D eigenvalue weighted by Gasteiger charge is -2.10. The molecule has 0 spiro atoms. The molecule has 0 saturated heterocycles. The minimum atomic E-state index is -0.486. The predicted molar refractivity (Wildman–Crippen MR) is 83.8 cm³/mol. The average molecular weight is 342 g/mol. The Labute approximate surface area is 129 Å². The van der Waals surface area contributed by atoms with Crippen molar-refractivity contribution in [2.75, 3.05) is 5.32 Å². The van der Waals surface area contributed by atoms with Crippen molar-refractivity contribution in [2.45, 2.75) is 0 Å². The van der Waals surface area contributed by atoms with Crippen molar-refractivity contribution in [1.82, 2.24) is 4.98 Å². The molecule has 0 amide bonds. The van der Waals surface area contributed by atoms with Crippen LogP contribution < -0.4 is 5.32 Å². The number of nitriles is 1. The van der Waals surface area contributed by atoms with Gasteiger partial charge in [-0.1, -0.05) is 6.07 Å². The van der Waals surface area contributed by atoms with E-state index >= 15 is 0 Å². The van der Waals surface area contributed by atoms with E-state index in [9.17, 15) is 4.39 Å². The normalized spacial score (nSPS) is 10.3. The summed E-state index contributed by atoms with van der Waals surface area (Å²) in [6.07, 6.45) is 1.73. The Balaban J connectivity index is 1.99. The third-order valence-electron chi connectivity index (χ3n) is 3.08. The van der Waals surface area contributed by atoms with Gasteiger partial charge in [0.05, 0.1) is 21.2 Å². The van der Waals surface area contributed by atoms with E-state index in [1.54, 1.807) is 18.3 Å². The summed E-state index contributed by atoms with van der Waals surface area (Å²) in [4.78, 5) is 4.24. The van der Waals surface area contributed by atoms with Crippen LogP contribution in [0, 0.1) is 17.1 Å². The van der Waals surface area contributed by atoms with E-state index in [4.69, 9.17) is 5.26 Å². The maximum absolute atomic E-state index is 14.2. The minimum absolute atomic E-state index is 0.164. The Kier molecular flexibility index (Phi) is 3.55. The molecule has 1 heterocycles. The Bertz CT molecular complexity index is 871. The van der Waals surface area contributed by atoms with Crippen LogP contribution in [0.4, 0.5) is 15.8 Å². The summed E-state index contributed by atoms with van der Waals surface area (Å²) in [6, 6.07) is 14.4. The fraction of sp³-hybridized carbons (Fsp3) is 0. The smallest absolute Gasteiger partial charge is 0.162 e. The van der Waals surface area contributed by atoms with Crippen LogP contribution in [0.15, 0.2) is 53.1 Å². The molecule has 3 aromatic rings. The van der Waals surface area contributed by atoms with E-state index < -0.39 is 5.82 Å². The molecule has 21 heavy (non-hydrogen) atoms. The number of hydrogen-bond donors (Lipinski definition) is 1. The lowest BCUT2D eigenvalue weighted by atomic mass is 10.1. The Morgan fingerprint density at radius 3 is 2.86 bits per heavy atom. The SMILES string of the molecule is N#Cc1ccc(Nc2ccc3ncccc3c2)c(F)c1Br. The standard InChI is InChI=1S/C16H9BrFN3/c17-15-11(9-19)3-5-14(16(15)18)21-12-4-6-13-10(8-12)2-1-7-20-13/h1-8,21H. The van der Waals surface area contributed by atoms with Crippen LogP contribution in [0.2, 0.25) is 0 Å². The third-order valence-corrected chi connectivity index (χ3v) is 3.86. The summed E-state index contributed by atoms with van der Waals surface area (Å²) >= 11 is 3.10. The van der Waals surface area contributed by atoms with Crippen molar-refractivity contribution in [2.24, 2.45) is 0 Å². The zero-order valence-corrected chi connectivity index (χ0v) is 12.4. The van der Waals surface area contributed by atoms with Crippen LogP contribution >= 0.6 is 15.9 Å². The highest BCUT2D eigenvalue weighted by Gasteiger charge is 2.11. The molecule has 1 N–H and O–H groups in total. The maximum Gasteiger partial charge on any atom is 0.162 e. The summed E-state index contributed by atoms with van der Waals surface area (Å²) in [7, 11) is 0. The van der Waals surface area contributed by atoms with Gasteiger partial charge in [0.25, 0.3) is 0 Å². The number of rotatable bonds is 2. The second kappa shape index (κ2) is 5.51. The van der Waals surface area contributed by atoms with Gasteiger partial charge in [-0.3, -0.25) is 4.98 Å². The van der Waals surface area contributed by atoms with Crippen molar-refractivity contribution in [3.8, 4) is 6.07 Å². The zero-order valence-electron chi connectivity index (χ0n) is 10.8. The van der Waals surface area contributed by atoms with E-state index in [1.165, 1.54) is 0 Å². The average Bonchev–Trinajstić information content (AvgIpc) is 2.52. The van der Waals surface area contributed by atoms with Gasteiger partial charge in [-0.05, 0) is 52.3 Å². The quantitative estimate of drug-likeness (QED) is 0.731. The highest BCUT2D eigenvalue weighted by atomic mass is 79.9. The number of halogens is 2. The van der Waals surface area contributed by atoms with E-state index in [0.29, 0.717) is 5.69 Å². The van der Waals surface area contributed by atoms with Crippen molar-refractivity contribution in [3.63, 3.8) is 0 Å². The number of fused-ring (bicyclic) bond motifs is 1. The number of nitrogens with one attached hydrogen (secondary N) is 1. The molecular formula is C16H9BrFN3. The van der Waals surface area contributed by atoms with Crippen LogP contribution in [-0.4, -0.2) is 4.98 Å². The minimum Gasteiger partial charge on any atom is -0.353 e. The Hall–Kier alpha value is -2.45.